The molecule has 0 spiro atoms. The highest BCUT2D eigenvalue weighted by Crippen LogP contribution is 2.25. The van der Waals surface area contributed by atoms with Crippen LogP contribution >= 0.6 is 11.5 Å². The molecule has 2 aromatic heterocycles. The summed E-state index contributed by atoms with van der Waals surface area (Å²) < 4.78 is 47.0. The predicted molar refractivity (Wildman–Crippen MR) is 133 cm³/mol. The van der Waals surface area contributed by atoms with Gasteiger partial charge < -0.3 is 14.8 Å². The lowest BCUT2D eigenvalue weighted by atomic mass is 10.2. The summed E-state index contributed by atoms with van der Waals surface area (Å²) in [6, 6.07) is 12.6. The average Bonchev–Trinajstić information content (AvgIpc) is 3.60. The molecule has 1 fully saturated rings. The second-order valence-electron chi connectivity index (χ2n) is 8.36. The van der Waals surface area contributed by atoms with Crippen LogP contribution in [0.3, 0.4) is 0 Å². The fourth-order valence-corrected chi connectivity index (χ4v) is 5.94. The highest BCUT2D eigenvalue weighted by atomic mass is 32.2. The van der Waals surface area contributed by atoms with Gasteiger partial charge in [0.05, 0.1) is 10.4 Å². The van der Waals surface area contributed by atoms with Gasteiger partial charge in [0.1, 0.15) is 18.2 Å². The van der Waals surface area contributed by atoms with Crippen LogP contribution in [0.15, 0.2) is 66.0 Å². The number of nitrogens with one attached hydrogen (secondary N) is 2. The number of carbonyl (C=O) groups excluding carboxylic acids is 1. The molecule has 0 unspecified atom stereocenters. The van der Waals surface area contributed by atoms with Crippen LogP contribution in [0, 0.1) is 5.82 Å². The van der Waals surface area contributed by atoms with Crippen LogP contribution in [0.25, 0.3) is 10.9 Å². The van der Waals surface area contributed by atoms with E-state index in [2.05, 4.69) is 24.3 Å². The molecule has 35 heavy (non-hydrogen) atoms. The standard InChI is InChI=1S/C23H23FN6O3S2/c1-15(30-12-10-19-20(24)3-2-4-21(19)30)22(31)27-16-9-11-29(13-16)17-5-7-18(8-6-17)35(32,33)28-23-25-14-26-34-23/h2-8,10,12,14-16H,9,11,13H2,1H3,(H,27,31)(H,25,26,28)/t15-,16-/m0/s1. The molecule has 9 nitrogen and oxygen atoms in total. The van der Waals surface area contributed by atoms with Crippen LogP contribution in [0.5, 0.6) is 0 Å². The zero-order chi connectivity index (χ0) is 24.6. The maximum absolute atomic E-state index is 14.0. The number of hydrogen-bond donors (Lipinski definition) is 2. The molecule has 1 aliphatic rings. The molecule has 0 saturated carbocycles. The highest BCUT2D eigenvalue weighted by Gasteiger charge is 2.27. The summed E-state index contributed by atoms with van der Waals surface area (Å²) in [5.41, 5.74) is 1.55. The smallest absolute Gasteiger partial charge is 0.263 e. The summed E-state index contributed by atoms with van der Waals surface area (Å²) in [5.74, 6) is -0.446. The Labute approximate surface area is 205 Å². The zero-order valence-corrected chi connectivity index (χ0v) is 20.4. The number of hydrogen-bond acceptors (Lipinski definition) is 7. The van der Waals surface area contributed by atoms with E-state index in [9.17, 15) is 17.6 Å². The van der Waals surface area contributed by atoms with Crippen LogP contribution in [0.4, 0.5) is 15.2 Å². The molecule has 0 bridgehead atoms. The first-order valence-electron chi connectivity index (χ1n) is 11.0. The molecule has 182 valence electrons. The van der Waals surface area contributed by atoms with Crippen molar-refractivity contribution in [3.8, 4) is 0 Å². The van der Waals surface area contributed by atoms with E-state index in [1.807, 2.05) is 0 Å². The van der Waals surface area contributed by atoms with E-state index in [0.29, 0.717) is 17.4 Å². The molecule has 2 atom stereocenters. The lowest BCUT2D eigenvalue weighted by molar-refractivity contribution is -0.124. The molecule has 1 saturated heterocycles. The molecule has 3 heterocycles. The lowest BCUT2D eigenvalue weighted by Crippen LogP contribution is -2.40. The Balaban J connectivity index is 1.21. The van der Waals surface area contributed by atoms with E-state index in [0.717, 1.165) is 30.2 Å². The first-order valence-corrected chi connectivity index (χ1v) is 13.3. The van der Waals surface area contributed by atoms with Gasteiger partial charge in [-0.25, -0.2) is 17.8 Å². The normalized spacial score (nSPS) is 17.0. The van der Waals surface area contributed by atoms with Crippen molar-refractivity contribution in [3.63, 3.8) is 0 Å². The number of fused-ring (bicyclic) bond motifs is 1. The third-order valence-corrected chi connectivity index (χ3v) is 8.20. The van der Waals surface area contributed by atoms with Gasteiger partial charge in [-0.1, -0.05) is 6.07 Å². The summed E-state index contributed by atoms with van der Waals surface area (Å²) in [6.45, 7) is 3.13. The van der Waals surface area contributed by atoms with Gasteiger partial charge >= 0.3 is 0 Å². The largest absolute Gasteiger partial charge is 0.369 e. The molecule has 4 aromatic rings. The average molecular weight is 515 g/mol. The van der Waals surface area contributed by atoms with E-state index in [-0.39, 0.29) is 27.8 Å². The quantitative estimate of drug-likeness (QED) is 0.391. The number of carbonyl (C=O) groups is 1. The van der Waals surface area contributed by atoms with Gasteiger partial charge in [-0.05, 0) is 55.8 Å². The topological polar surface area (TPSA) is 109 Å². The maximum Gasteiger partial charge on any atom is 0.263 e. The lowest BCUT2D eigenvalue weighted by Gasteiger charge is -2.21. The number of anilines is 2. The molecule has 2 aromatic carbocycles. The van der Waals surface area contributed by atoms with E-state index >= 15 is 0 Å². The van der Waals surface area contributed by atoms with Crippen molar-refractivity contribution in [1.29, 1.82) is 0 Å². The molecular weight excluding hydrogens is 491 g/mol. The van der Waals surface area contributed by atoms with Gasteiger partial charge in [0, 0.05) is 47.9 Å². The van der Waals surface area contributed by atoms with E-state index in [4.69, 9.17) is 0 Å². The molecular formula is C23H23FN6O3S2. The summed E-state index contributed by atoms with van der Waals surface area (Å²) in [6.07, 6.45) is 3.78. The van der Waals surface area contributed by atoms with Crippen molar-refractivity contribution in [3.05, 3.63) is 66.9 Å². The summed E-state index contributed by atoms with van der Waals surface area (Å²) in [5, 5.41) is 3.79. The number of aromatic nitrogens is 3. The zero-order valence-electron chi connectivity index (χ0n) is 18.8. The van der Waals surface area contributed by atoms with Gasteiger partial charge in [-0.2, -0.15) is 4.37 Å². The number of rotatable bonds is 7. The molecule has 5 rings (SSSR count). The minimum Gasteiger partial charge on any atom is -0.369 e. The molecule has 1 amide bonds. The summed E-state index contributed by atoms with van der Waals surface area (Å²) in [7, 11) is -3.74. The molecule has 2 N–H and O–H groups in total. The van der Waals surface area contributed by atoms with Crippen LogP contribution < -0.4 is 14.9 Å². The van der Waals surface area contributed by atoms with Crippen LogP contribution in [-0.2, 0) is 14.8 Å². The van der Waals surface area contributed by atoms with Gasteiger partial charge in [-0.15, -0.1) is 0 Å². The fourth-order valence-electron chi connectivity index (χ4n) is 4.28. The minimum atomic E-state index is -3.74. The Morgan fingerprint density at radius 2 is 2.00 bits per heavy atom. The minimum absolute atomic E-state index is 0.0500. The Hall–Kier alpha value is -3.51. The van der Waals surface area contributed by atoms with Crippen molar-refractivity contribution in [2.24, 2.45) is 0 Å². The molecule has 0 radical (unpaired) electrons. The van der Waals surface area contributed by atoms with Crippen LogP contribution in [0.2, 0.25) is 0 Å². The summed E-state index contributed by atoms with van der Waals surface area (Å²) in [4.78, 5) is 19.0. The highest BCUT2D eigenvalue weighted by molar-refractivity contribution is 7.93. The number of sulfonamides is 1. The van der Waals surface area contributed by atoms with Crippen molar-refractivity contribution in [2.75, 3.05) is 22.7 Å². The van der Waals surface area contributed by atoms with E-state index in [1.165, 1.54) is 12.4 Å². The Morgan fingerprint density at radius 3 is 2.74 bits per heavy atom. The van der Waals surface area contributed by atoms with E-state index in [1.54, 1.807) is 60.2 Å². The molecule has 0 aliphatic carbocycles. The maximum atomic E-state index is 14.0. The Bertz CT molecular complexity index is 1450. The number of amides is 1. The fraction of sp³-hybridized carbons (Fsp3) is 0.261. The first kappa shape index (κ1) is 23.2. The molecule has 1 aliphatic heterocycles. The third kappa shape index (κ3) is 4.71. The molecule has 12 heteroatoms. The first-order chi connectivity index (χ1) is 16.8. The van der Waals surface area contributed by atoms with E-state index < -0.39 is 16.1 Å². The number of nitrogens with zero attached hydrogens (tertiary/aromatic N) is 4. The summed E-state index contributed by atoms with van der Waals surface area (Å²) >= 11 is 0.963. The van der Waals surface area contributed by atoms with Crippen molar-refractivity contribution < 1.29 is 17.6 Å². The Morgan fingerprint density at radius 1 is 1.20 bits per heavy atom. The van der Waals surface area contributed by atoms with Crippen LogP contribution in [0.1, 0.15) is 19.4 Å². The third-order valence-electron chi connectivity index (χ3n) is 6.14. The van der Waals surface area contributed by atoms with Crippen molar-refractivity contribution >= 4 is 49.2 Å². The monoisotopic (exact) mass is 514 g/mol. The van der Waals surface area contributed by atoms with Crippen molar-refractivity contribution in [2.45, 2.75) is 30.3 Å². The van der Waals surface area contributed by atoms with Gasteiger partial charge in [0.2, 0.25) is 11.0 Å². The van der Waals surface area contributed by atoms with Gasteiger partial charge in [-0.3, -0.25) is 9.52 Å². The van der Waals surface area contributed by atoms with Crippen molar-refractivity contribution in [1.82, 2.24) is 19.2 Å². The predicted octanol–water partition coefficient (Wildman–Crippen LogP) is 3.39. The van der Waals surface area contributed by atoms with Crippen LogP contribution in [-0.4, -0.2) is 47.4 Å². The van der Waals surface area contributed by atoms with Gasteiger partial charge in [0.25, 0.3) is 10.0 Å². The second-order valence-corrected chi connectivity index (χ2v) is 10.8. The SMILES string of the molecule is C[C@@H](C(=O)N[C@H]1CCN(c2ccc(S(=O)(=O)Nc3ncns3)cc2)C1)n1ccc2c(F)cccc21. The number of benzene rings is 2. The number of halogens is 1. The Kier molecular flexibility index (Phi) is 6.15. The second kappa shape index (κ2) is 9.27. The van der Waals surface area contributed by atoms with Gasteiger partial charge in [0.15, 0.2) is 0 Å².